The maximum atomic E-state index is 11.7. The van der Waals surface area contributed by atoms with Crippen molar-refractivity contribution in [1.82, 2.24) is 0 Å². The number of unbranched alkanes of at least 4 members (excludes halogenated alkanes) is 1. The van der Waals surface area contributed by atoms with Crippen molar-refractivity contribution in [2.45, 2.75) is 50.7 Å². The molecule has 1 atom stereocenters. The minimum absolute atomic E-state index is 0.164. The highest BCUT2D eigenvalue weighted by Crippen LogP contribution is 2.47. The molecule has 0 aromatic heterocycles. The molecule has 0 saturated heterocycles. The fraction of sp³-hybridized carbons (Fsp3) is 0.500. The van der Waals surface area contributed by atoms with E-state index in [2.05, 4.69) is 61.2 Å². The molecule has 1 unspecified atom stereocenters. The van der Waals surface area contributed by atoms with Crippen molar-refractivity contribution in [1.29, 1.82) is 0 Å². The van der Waals surface area contributed by atoms with Crippen LogP contribution in [0.4, 0.5) is 11.4 Å². The first kappa shape index (κ1) is 24.8. The van der Waals surface area contributed by atoms with Crippen LogP contribution in [0, 0.1) is 5.41 Å². The summed E-state index contributed by atoms with van der Waals surface area (Å²) >= 11 is 3.52. The minimum atomic E-state index is -0.164. The molecule has 0 aliphatic carbocycles. The summed E-state index contributed by atoms with van der Waals surface area (Å²) in [7, 11) is 1.73. The van der Waals surface area contributed by atoms with Gasteiger partial charge in [-0.15, -0.1) is 23.5 Å². The number of benzene rings is 2. The van der Waals surface area contributed by atoms with Gasteiger partial charge in [-0.25, -0.2) is 0 Å². The van der Waals surface area contributed by atoms with E-state index in [1.165, 1.54) is 35.5 Å². The first-order valence-corrected chi connectivity index (χ1v) is 13.5. The predicted octanol–water partition coefficient (Wildman–Crippen LogP) is 6.93. The number of ether oxygens (including phenoxy) is 2. The first-order valence-electron chi connectivity index (χ1n) is 11.4. The Morgan fingerprint density at radius 1 is 1.22 bits per heavy atom. The summed E-state index contributed by atoms with van der Waals surface area (Å²) in [5, 5.41) is 0. The SMILES string of the molecule is CCCCC1(C)CSc2cc(CSCC(=O)OCC)c(OC)cc2N(c2ccccc2)C1. The number of nitrogens with zero attached hydrogens (tertiary/aromatic N) is 1. The second-order valence-electron chi connectivity index (χ2n) is 8.55. The third-order valence-electron chi connectivity index (χ3n) is 5.75. The van der Waals surface area contributed by atoms with Gasteiger partial charge in [0.1, 0.15) is 5.75 Å². The molecule has 0 spiro atoms. The van der Waals surface area contributed by atoms with Crippen LogP contribution in [-0.2, 0) is 15.3 Å². The molecule has 1 heterocycles. The van der Waals surface area contributed by atoms with Gasteiger partial charge in [0.15, 0.2) is 0 Å². The van der Waals surface area contributed by atoms with Crippen LogP contribution < -0.4 is 9.64 Å². The van der Waals surface area contributed by atoms with Gasteiger partial charge in [0.2, 0.25) is 0 Å². The van der Waals surface area contributed by atoms with Crippen LogP contribution in [0.25, 0.3) is 0 Å². The van der Waals surface area contributed by atoms with Crippen LogP contribution in [0.15, 0.2) is 47.4 Å². The monoisotopic (exact) mass is 473 g/mol. The van der Waals surface area contributed by atoms with E-state index in [0.29, 0.717) is 18.1 Å². The number of methoxy groups -OCH3 is 1. The summed E-state index contributed by atoms with van der Waals surface area (Å²) in [5.41, 5.74) is 3.77. The third-order valence-corrected chi connectivity index (χ3v) is 8.19. The molecule has 0 amide bonds. The van der Waals surface area contributed by atoms with Crippen LogP contribution in [0.1, 0.15) is 45.6 Å². The van der Waals surface area contributed by atoms with E-state index >= 15 is 0 Å². The molecule has 1 aliphatic rings. The van der Waals surface area contributed by atoms with E-state index in [9.17, 15) is 4.79 Å². The minimum Gasteiger partial charge on any atom is -0.496 e. The Balaban J connectivity index is 1.92. The van der Waals surface area contributed by atoms with E-state index in [4.69, 9.17) is 9.47 Å². The molecule has 2 aromatic carbocycles. The number of hydrogen-bond donors (Lipinski definition) is 0. The van der Waals surface area contributed by atoms with Crippen molar-refractivity contribution >= 4 is 40.9 Å². The summed E-state index contributed by atoms with van der Waals surface area (Å²) in [5.74, 6) is 2.87. The zero-order chi connectivity index (χ0) is 23.0. The summed E-state index contributed by atoms with van der Waals surface area (Å²) < 4.78 is 10.9. The molecule has 4 nitrogen and oxygen atoms in total. The standard InChI is InChI=1S/C26H35NO3S2/c1-5-7-13-26(3)18-27(21-11-9-8-10-12-21)22-15-23(29-4)20(14-24(22)32-19-26)16-31-17-25(28)30-6-2/h8-12,14-15H,5-7,13,16-19H2,1-4H3. The molecule has 32 heavy (non-hydrogen) atoms. The maximum absolute atomic E-state index is 11.7. The van der Waals surface area contributed by atoms with Gasteiger partial charge < -0.3 is 14.4 Å². The summed E-state index contributed by atoms with van der Waals surface area (Å²) in [6.45, 7) is 7.93. The fourth-order valence-electron chi connectivity index (χ4n) is 4.03. The molecule has 1 aliphatic heterocycles. The number of rotatable bonds is 10. The van der Waals surface area contributed by atoms with Crippen LogP contribution in [0.5, 0.6) is 5.75 Å². The smallest absolute Gasteiger partial charge is 0.315 e. The average Bonchev–Trinajstić information content (AvgIpc) is 2.95. The average molecular weight is 474 g/mol. The van der Waals surface area contributed by atoms with Gasteiger partial charge >= 0.3 is 5.97 Å². The lowest BCUT2D eigenvalue weighted by Gasteiger charge is -2.34. The quantitative estimate of drug-likeness (QED) is 0.348. The highest BCUT2D eigenvalue weighted by Gasteiger charge is 2.33. The highest BCUT2D eigenvalue weighted by molar-refractivity contribution is 7.99. The van der Waals surface area contributed by atoms with Gasteiger partial charge in [-0.3, -0.25) is 4.79 Å². The number of anilines is 2. The van der Waals surface area contributed by atoms with Crippen LogP contribution in [0.3, 0.4) is 0 Å². The van der Waals surface area contributed by atoms with Crippen molar-refractivity contribution in [3.05, 3.63) is 48.0 Å². The summed E-state index contributed by atoms with van der Waals surface area (Å²) in [6, 6.07) is 15.1. The number of para-hydroxylation sites is 1. The Hall–Kier alpha value is -1.79. The number of hydrogen-bond acceptors (Lipinski definition) is 6. The number of carbonyl (C=O) groups is 1. The van der Waals surface area contributed by atoms with Crippen molar-refractivity contribution < 1.29 is 14.3 Å². The van der Waals surface area contributed by atoms with Gasteiger partial charge in [-0.1, -0.05) is 44.9 Å². The Bertz CT molecular complexity index is 890. The van der Waals surface area contributed by atoms with Crippen LogP contribution in [-0.4, -0.2) is 37.7 Å². The van der Waals surface area contributed by atoms with Gasteiger partial charge in [-0.05, 0) is 37.0 Å². The molecular formula is C26H35NO3S2. The van der Waals surface area contributed by atoms with E-state index in [1.807, 2.05) is 18.7 Å². The molecule has 2 aromatic rings. The Labute approximate surface area is 201 Å². The molecule has 0 saturated carbocycles. The molecule has 0 N–H and O–H groups in total. The van der Waals surface area contributed by atoms with Gasteiger partial charge in [0, 0.05) is 40.3 Å². The van der Waals surface area contributed by atoms with E-state index in [0.717, 1.165) is 23.6 Å². The molecule has 6 heteroatoms. The highest BCUT2D eigenvalue weighted by atomic mass is 32.2. The van der Waals surface area contributed by atoms with Crippen molar-refractivity contribution in [3.8, 4) is 5.75 Å². The topological polar surface area (TPSA) is 38.8 Å². The van der Waals surface area contributed by atoms with Crippen molar-refractivity contribution in [3.63, 3.8) is 0 Å². The summed E-state index contributed by atoms with van der Waals surface area (Å²) in [4.78, 5) is 15.5. The molecule has 3 rings (SSSR count). The maximum Gasteiger partial charge on any atom is 0.315 e. The molecule has 174 valence electrons. The zero-order valence-electron chi connectivity index (χ0n) is 19.7. The Morgan fingerprint density at radius 3 is 2.69 bits per heavy atom. The van der Waals surface area contributed by atoms with Crippen molar-refractivity contribution in [2.75, 3.05) is 36.7 Å². The first-order chi connectivity index (χ1) is 15.5. The molecule has 0 bridgehead atoms. The third kappa shape index (κ3) is 6.38. The summed E-state index contributed by atoms with van der Waals surface area (Å²) in [6.07, 6.45) is 3.68. The van der Waals surface area contributed by atoms with E-state index in [-0.39, 0.29) is 11.4 Å². The molecule has 0 radical (unpaired) electrons. The number of thioether (sulfide) groups is 2. The lowest BCUT2D eigenvalue weighted by molar-refractivity contribution is -0.139. The lowest BCUT2D eigenvalue weighted by Crippen LogP contribution is -2.33. The predicted molar refractivity (Wildman–Crippen MR) is 138 cm³/mol. The zero-order valence-corrected chi connectivity index (χ0v) is 21.3. The molecular weight excluding hydrogens is 438 g/mol. The van der Waals surface area contributed by atoms with Crippen LogP contribution >= 0.6 is 23.5 Å². The van der Waals surface area contributed by atoms with Gasteiger partial charge in [0.25, 0.3) is 0 Å². The fourth-order valence-corrected chi connectivity index (χ4v) is 6.11. The Kier molecular flexibility index (Phi) is 9.23. The lowest BCUT2D eigenvalue weighted by atomic mass is 9.86. The van der Waals surface area contributed by atoms with E-state index < -0.39 is 0 Å². The van der Waals surface area contributed by atoms with Crippen molar-refractivity contribution in [2.24, 2.45) is 5.41 Å². The van der Waals surface area contributed by atoms with Crippen LogP contribution in [0.2, 0.25) is 0 Å². The number of fused-ring (bicyclic) bond motifs is 1. The second-order valence-corrected chi connectivity index (χ2v) is 10.6. The van der Waals surface area contributed by atoms with E-state index in [1.54, 1.807) is 18.9 Å². The van der Waals surface area contributed by atoms with Gasteiger partial charge in [0.05, 0.1) is 25.2 Å². The number of esters is 1. The second kappa shape index (κ2) is 11.9. The number of carbonyl (C=O) groups excluding carboxylic acids is 1. The van der Waals surface area contributed by atoms with Gasteiger partial charge in [-0.2, -0.15) is 0 Å². The normalized spacial score (nSPS) is 18.1. The molecule has 0 fully saturated rings. The Morgan fingerprint density at radius 2 is 2.00 bits per heavy atom. The largest absolute Gasteiger partial charge is 0.496 e.